The van der Waals surface area contributed by atoms with Crippen molar-refractivity contribution in [3.8, 4) is 0 Å². The van der Waals surface area contributed by atoms with Crippen LogP contribution in [0.3, 0.4) is 0 Å². The smallest absolute Gasteiger partial charge is 0.255 e. The highest BCUT2D eigenvalue weighted by Crippen LogP contribution is 2.12. The van der Waals surface area contributed by atoms with E-state index in [0.717, 1.165) is 5.56 Å². The predicted molar refractivity (Wildman–Crippen MR) is 73.5 cm³/mol. The monoisotopic (exact) mass is 255 g/mol. The number of amides is 1. The summed E-state index contributed by atoms with van der Waals surface area (Å²) in [7, 11) is 0. The minimum absolute atomic E-state index is 0.00745. The Kier molecular flexibility index (Phi) is 4.23. The number of pyridine rings is 2. The van der Waals surface area contributed by atoms with Crippen LogP contribution in [-0.4, -0.2) is 26.8 Å². The van der Waals surface area contributed by atoms with E-state index in [0.29, 0.717) is 12.1 Å². The zero-order valence-electron chi connectivity index (χ0n) is 11.2. The van der Waals surface area contributed by atoms with Gasteiger partial charge in [-0.05, 0) is 37.6 Å². The Labute approximate surface area is 113 Å². The number of hydrogen-bond acceptors (Lipinski definition) is 3. The van der Waals surface area contributed by atoms with Crippen LogP contribution in [0.4, 0.5) is 0 Å². The van der Waals surface area contributed by atoms with Gasteiger partial charge in [-0.25, -0.2) is 0 Å². The summed E-state index contributed by atoms with van der Waals surface area (Å²) in [5, 5.41) is 0. The van der Waals surface area contributed by atoms with E-state index in [4.69, 9.17) is 0 Å². The maximum absolute atomic E-state index is 12.5. The van der Waals surface area contributed by atoms with E-state index < -0.39 is 0 Å². The molecule has 0 aliphatic carbocycles. The topological polar surface area (TPSA) is 46.1 Å². The Morgan fingerprint density at radius 1 is 1.16 bits per heavy atom. The lowest BCUT2D eigenvalue weighted by Gasteiger charge is -2.26. The molecule has 0 unspecified atom stereocenters. The largest absolute Gasteiger partial charge is 0.332 e. The Bertz CT molecular complexity index is 526. The summed E-state index contributed by atoms with van der Waals surface area (Å²) in [6.45, 7) is 4.56. The van der Waals surface area contributed by atoms with Crippen LogP contribution in [-0.2, 0) is 6.54 Å². The summed E-state index contributed by atoms with van der Waals surface area (Å²) in [6, 6.07) is 7.53. The summed E-state index contributed by atoms with van der Waals surface area (Å²) in [5.41, 5.74) is 1.63. The van der Waals surface area contributed by atoms with E-state index in [1.54, 1.807) is 36.9 Å². The van der Waals surface area contributed by atoms with Crippen molar-refractivity contribution in [1.29, 1.82) is 0 Å². The van der Waals surface area contributed by atoms with Crippen LogP contribution in [0.15, 0.2) is 49.1 Å². The highest BCUT2D eigenvalue weighted by molar-refractivity contribution is 5.94. The number of hydrogen-bond donors (Lipinski definition) is 0. The fraction of sp³-hybridized carbons (Fsp3) is 0.267. The molecule has 0 saturated heterocycles. The van der Waals surface area contributed by atoms with Crippen LogP contribution in [0.1, 0.15) is 29.8 Å². The summed E-state index contributed by atoms with van der Waals surface area (Å²) < 4.78 is 0. The molecule has 0 fully saturated rings. The van der Waals surface area contributed by atoms with Gasteiger partial charge in [-0.1, -0.05) is 6.07 Å². The first-order chi connectivity index (χ1) is 9.18. The molecule has 0 bridgehead atoms. The number of nitrogens with zero attached hydrogens (tertiary/aromatic N) is 3. The normalized spacial score (nSPS) is 10.5. The number of rotatable bonds is 4. The van der Waals surface area contributed by atoms with Gasteiger partial charge in [0.25, 0.3) is 5.91 Å². The average Bonchev–Trinajstić information content (AvgIpc) is 2.46. The zero-order valence-corrected chi connectivity index (χ0v) is 11.2. The molecular formula is C15H17N3O. The first-order valence-corrected chi connectivity index (χ1v) is 6.28. The summed E-state index contributed by atoms with van der Waals surface area (Å²) >= 11 is 0. The van der Waals surface area contributed by atoms with Crippen LogP contribution in [0.2, 0.25) is 0 Å². The fourth-order valence-electron chi connectivity index (χ4n) is 1.83. The maximum Gasteiger partial charge on any atom is 0.255 e. The lowest BCUT2D eigenvalue weighted by Crippen LogP contribution is -2.36. The van der Waals surface area contributed by atoms with Crippen molar-refractivity contribution in [3.05, 3.63) is 60.2 Å². The van der Waals surface area contributed by atoms with Crippen molar-refractivity contribution in [1.82, 2.24) is 14.9 Å². The molecule has 0 spiro atoms. The standard InChI is InChI=1S/C15H17N3O/c1-12(2)18(11-13-5-3-7-16-9-13)15(19)14-6-4-8-17-10-14/h3-10,12H,11H2,1-2H3. The third-order valence-corrected chi connectivity index (χ3v) is 2.87. The first kappa shape index (κ1) is 13.2. The molecule has 0 aliphatic rings. The van der Waals surface area contributed by atoms with Gasteiger partial charge in [0.2, 0.25) is 0 Å². The van der Waals surface area contributed by atoms with Gasteiger partial charge in [-0.3, -0.25) is 14.8 Å². The second-order valence-corrected chi connectivity index (χ2v) is 4.63. The van der Waals surface area contributed by atoms with Crippen LogP contribution < -0.4 is 0 Å². The minimum Gasteiger partial charge on any atom is -0.332 e. The Morgan fingerprint density at radius 3 is 2.37 bits per heavy atom. The molecule has 98 valence electrons. The van der Waals surface area contributed by atoms with Crippen LogP contribution in [0.25, 0.3) is 0 Å². The van der Waals surface area contributed by atoms with E-state index >= 15 is 0 Å². The molecule has 2 heterocycles. The molecule has 0 saturated carbocycles. The number of aromatic nitrogens is 2. The molecule has 0 aliphatic heterocycles. The van der Waals surface area contributed by atoms with E-state index in [1.807, 2.05) is 30.9 Å². The molecule has 4 heteroatoms. The van der Waals surface area contributed by atoms with Gasteiger partial charge in [-0.15, -0.1) is 0 Å². The molecule has 2 aromatic rings. The number of carbonyl (C=O) groups excluding carboxylic acids is 1. The highest BCUT2D eigenvalue weighted by atomic mass is 16.2. The highest BCUT2D eigenvalue weighted by Gasteiger charge is 2.19. The Balaban J connectivity index is 2.19. The van der Waals surface area contributed by atoms with Crippen LogP contribution >= 0.6 is 0 Å². The van der Waals surface area contributed by atoms with Crippen molar-refractivity contribution >= 4 is 5.91 Å². The van der Waals surface area contributed by atoms with Crippen molar-refractivity contribution in [2.75, 3.05) is 0 Å². The second-order valence-electron chi connectivity index (χ2n) is 4.63. The fourth-order valence-corrected chi connectivity index (χ4v) is 1.83. The molecule has 19 heavy (non-hydrogen) atoms. The maximum atomic E-state index is 12.5. The molecule has 0 atom stereocenters. The lowest BCUT2D eigenvalue weighted by atomic mass is 10.2. The van der Waals surface area contributed by atoms with Gasteiger partial charge in [0.1, 0.15) is 0 Å². The van der Waals surface area contributed by atoms with Crippen molar-refractivity contribution < 1.29 is 4.79 Å². The SMILES string of the molecule is CC(C)N(Cc1cccnc1)C(=O)c1cccnc1. The van der Waals surface area contributed by atoms with Gasteiger partial charge in [0.15, 0.2) is 0 Å². The third-order valence-electron chi connectivity index (χ3n) is 2.87. The molecule has 2 aromatic heterocycles. The molecule has 4 nitrogen and oxygen atoms in total. The Hall–Kier alpha value is -2.23. The zero-order chi connectivity index (χ0) is 13.7. The van der Waals surface area contributed by atoms with Crippen molar-refractivity contribution in [3.63, 3.8) is 0 Å². The molecule has 2 rings (SSSR count). The first-order valence-electron chi connectivity index (χ1n) is 6.28. The third kappa shape index (κ3) is 3.37. The molecule has 1 amide bonds. The summed E-state index contributed by atoms with van der Waals surface area (Å²) in [6.07, 6.45) is 6.77. The molecule has 0 aromatic carbocycles. The van der Waals surface area contributed by atoms with E-state index in [1.165, 1.54) is 0 Å². The van der Waals surface area contributed by atoms with Gasteiger partial charge in [0, 0.05) is 37.4 Å². The minimum atomic E-state index is -0.00745. The van der Waals surface area contributed by atoms with Gasteiger partial charge in [-0.2, -0.15) is 0 Å². The Morgan fingerprint density at radius 2 is 1.84 bits per heavy atom. The van der Waals surface area contributed by atoms with E-state index in [-0.39, 0.29) is 11.9 Å². The van der Waals surface area contributed by atoms with Gasteiger partial charge < -0.3 is 4.90 Å². The van der Waals surface area contributed by atoms with Crippen molar-refractivity contribution in [2.24, 2.45) is 0 Å². The molecule has 0 N–H and O–H groups in total. The van der Waals surface area contributed by atoms with Crippen LogP contribution in [0, 0.1) is 0 Å². The van der Waals surface area contributed by atoms with E-state index in [2.05, 4.69) is 9.97 Å². The van der Waals surface area contributed by atoms with E-state index in [9.17, 15) is 4.79 Å². The van der Waals surface area contributed by atoms with Gasteiger partial charge >= 0.3 is 0 Å². The quantitative estimate of drug-likeness (QED) is 0.843. The molecule has 0 radical (unpaired) electrons. The average molecular weight is 255 g/mol. The molecular weight excluding hydrogens is 238 g/mol. The van der Waals surface area contributed by atoms with Gasteiger partial charge in [0.05, 0.1) is 5.56 Å². The predicted octanol–water partition coefficient (Wildman–Crippen LogP) is 2.53. The summed E-state index contributed by atoms with van der Waals surface area (Å²) in [5.74, 6) is -0.00745. The van der Waals surface area contributed by atoms with Crippen molar-refractivity contribution in [2.45, 2.75) is 26.4 Å². The number of carbonyl (C=O) groups is 1. The lowest BCUT2D eigenvalue weighted by molar-refractivity contribution is 0.0690. The summed E-state index contributed by atoms with van der Waals surface area (Å²) in [4.78, 5) is 22.3. The second kappa shape index (κ2) is 6.09. The van der Waals surface area contributed by atoms with Crippen LogP contribution in [0.5, 0.6) is 0 Å².